The van der Waals surface area contributed by atoms with Crippen molar-refractivity contribution in [3.63, 3.8) is 0 Å². The van der Waals surface area contributed by atoms with Crippen molar-refractivity contribution >= 4 is 10.0 Å². The first-order chi connectivity index (χ1) is 13.1. The van der Waals surface area contributed by atoms with Crippen molar-refractivity contribution in [2.24, 2.45) is 0 Å². The van der Waals surface area contributed by atoms with Crippen LogP contribution in [0.1, 0.15) is 33.7 Å². The molecule has 0 bridgehead atoms. The number of aryl methyl sites for hydroxylation is 2. The molecule has 4 heteroatoms. The van der Waals surface area contributed by atoms with Gasteiger partial charge in [-0.3, -0.25) is 0 Å². The van der Waals surface area contributed by atoms with Crippen molar-refractivity contribution in [1.82, 2.24) is 4.72 Å². The number of nitrogens with one attached hydrogen (secondary N) is 1. The van der Waals surface area contributed by atoms with E-state index in [-0.39, 0.29) is 5.92 Å². The van der Waals surface area contributed by atoms with E-state index in [1.807, 2.05) is 12.1 Å². The lowest BCUT2D eigenvalue weighted by molar-refractivity contribution is 0.588. The number of rotatable bonds is 4. The molecule has 3 aromatic rings. The molecule has 0 aliphatic heterocycles. The summed E-state index contributed by atoms with van der Waals surface area (Å²) in [5.74, 6) is 0.229. The third-order valence-corrected chi connectivity index (χ3v) is 6.85. The Kier molecular flexibility index (Phi) is 4.85. The van der Waals surface area contributed by atoms with Gasteiger partial charge < -0.3 is 0 Å². The highest BCUT2D eigenvalue weighted by atomic mass is 32.2. The zero-order chi connectivity index (χ0) is 18.9. The van der Waals surface area contributed by atoms with Gasteiger partial charge in [0.05, 0.1) is 4.90 Å². The molecule has 0 saturated heterocycles. The minimum atomic E-state index is -3.44. The van der Waals surface area contributed by atoms with Gasteiger partial charge in [-0.05, 0) is 66.3 Å². The van der Waals surface area contributed by atoms with E-state index in [0.717, 1.165) is 24.8 Å². The lowest BCUT2D eigenvalue weighted by Crippen LogP contribution is -2.18. The molecule has 1 aliphatic rings. The van der Waals surface area contributed by atoms with Crippen LogP contribution in [0.2, 0.25) is 0 Å². The Morgan fingerprint density at radius 3 is 2.04 bits per heavy atom. The molecule has 3 aromatic carbocycles. The van der Waals surface area contributed by atoms with E-state index >= 15 is 0 Å². The molecule has 1 N–H and O–H groups in total. The fourth-order valence-corrected chi connectivity index (χ4v) is 4.85. The third kappa shape index (κ3) is 3.55. The van der Waals surface area contributed by atoms with Crippen molar-refractivity contribution < 1.29 is 8.42 Å². The summed E-state index contributed by atoms with van der Waals surface area (Å²) in [5, 5.41) is 0. The number of hydrogen-bond acceptors (Lipinski definition) is 2. The molecule has 1 aliphatic carbocycles. The van der Waals surface area contributed by atoms with Gasteiger partial charge in [0.15, 0.2) is 0 Å². The van der Waals surface area contributed by atoms with E-state index < -0.39 is 10.0 Å². The van der Waals surface area contributed by atoms with Crippen LogP contribution in [0.4, 0.5) is 0 Å². The molecular weight excluding hydrogens is 354 g/mol. The van der Waals surface area contributed by atoms with E-state index in [4.69, 9.17) is 0 Å². The highest BCUT2D eigenvalue weighted by molar-refractivity contribution is 7.89. The van der Waals surface area contributed by atoms with Gasteiger partial charge >= 0.3 is 0 Å². The van der Waals surface area contributed by atoms with Crippen LogP contribution in [0.25, 0.3) is 0 Å². The van der Waals surface area contributed by atoms with Crippen LogP contribution >= 0.6 is 0 Å². The number of fused-ring (bicyclic) bond motifs is 2. The van der Waals surface area contributed by atoms with Gasteiger partial charge in [0.2, 0.25) is 10.0 Å². The lowest BCUT2D eigenvalue weighted by Gasteiger charge is -2.21. The first-order valence-electron chi connectivity index (χ1n) is 9.26. The van der Waals surface area contributed by atoms with Gasteiger partial charge in [0.1, 0.15) is 0 Å². The summed E-state index contributed by atoms with van der Waals surface area (Å²) in [6.07, 6.45) is 2.86. The van der Waals surface area contributed by atoms with Crippen molar-refractivity contribution in [3.8, 4) is 0 Å². The molecule has 0 fully saturated rings. The molecule has 0 atom stereocenters. The number of hydrogen-bond donors (Lipinski definition) is 1. The van der Waals surface area contributed by atoms with Crippen molar-refractivity contribution in [3.05, 3.63) is 101 Å². The molecule has 0 aromatic heterocycles. The van der Waals surface area contributed by atoms with Gasteiger partial charge in [0, 0.05) is 5.92 Å². The molecule has 0 spiro atoms. The Labute approximate surface area is 161 Å². The lowest BCUT2D eigenvalue weighted by atomic mass is 9.83. The fraction of sp³-hybridized carbons (Fsp3) is 0.217. The first-order valence-corrected chi connectivity index (χ1v) is 10.7. The predicted octanol–water partition coefficient (Wildman–Crippen LogP) is 4.07. The summed E-state index contributed by atoms with van der Waals surface area (Å²) in [5.41, 5.74) is 6.51. The monoisotopic (exact) mass is 377 g/mol. The Balaban J connectivity index is 1.79. The normalized spacial score (nSPS) is 14.3. The van der Waals surface area contributed by atoms with Crippen LogP contribution in [0.5, 0.6) is 0 Å². The Hall–Kier alpha value is -2.43. The van der Waals surface area contributed by atoms with Gasteiger partial charge in [-0.25, -0.2) is 13.1 Å². The van der Waals surface area contributed by atoms with Crippen LogP contribution in [0.3, 0.4) is 0 Å². The topological polar surface area (TPSA) is 46.2 Å². The minimum absolute atomic E-state index is 0.229. The van der Waals surface area contributed by atoms with E-state index in [9.17, 15) is 8.42 Å². The average molecular weight is 378 g/mol. The smallest absolute Gasteiger partial charge is 0.214 e. The van der Waals surface area contributed by atoms with Crippen LogP contribution in [-0.2, 0) is 29.3 Å². The van der Waals surface area contributed by atoms with Gasteiger partial charge in [-0.15, -0.1) is 0 Å². The Bertz CT molecular complexity index is 1030. The summed E-state index contributed by atoms with van der Waals surface area (Å²) >= 11 is 0. The van der Waals surface area contributed by atoms with Gasteiger partial charge in [0.25, 0.3) is 0 Å². The molecule has 138 valence electrons. The zero-order valence-electron chi connectivity index (χ0n) is 15.4. The fourth-order valence-electron chi connectivity index (χ4n) is 4.05. The third-order valence-electron chi connectivity index (χ3n) is 5.44. The minimum Gasteiger partial charge on any atom is -0.214 e. The predicted molar refractivity (Wildman–Crippen MR) is 109 cm³/mol. The van der Waals surface area contributed by atoms with Crippen molar-refractivity contribution in [2.45, 2.75) is 30.1 Å². The summed E-state index contributed by atoms with van der Waals surface area (Å²) in [4.78, 5) is 0.317. The second-order valence-electron chi connectivity index (χ2n) is 7.01. The molecule has 0 heterocycles. The number of benzene rings is 3. The molecule has 0 amide bonds. The second kappa shape index (κ2) is 7.29. The number of sulfonamides is 1. The summed E-state index contributed by atoms with van der Waals surface area (Å²) < 4.78 is 26.8. The van der Waals surface area contributed by atoms with E-state index in [2.05, 4.69) is 53.3 Å². The summed E-state index contributed by atoms with van der Waals surface area (Å²) in [6.45, 7) is 0. The molecule has 4 rings (SSSR count). The molecular formula is C23H23NO2S. The summed E-state index contributed by atoms with van der Waals surface area (Å²) in [7, 11) is -2.00. The van der Waals surface area contributed by atoms with Crippen LogP contribution in [0.15, 0.2) is 77.7 Å². The maximum absolute atomic E-state index is 12.2. The van der Waals surface area contributed by atoms with E-state index in [1.54, 1.807) is 12.1 Å². The van der Waals surface area contributed by atoms with Crippen LogP contribution < -0.4 is 4.72 Å². The molecule has 3 nitrogen and oxygen atoms in total. The van der Waals surface area contributed by atoms with Crippen molar-refractivity contribution in [2.75, 3.05) is 7.05 Å². The molecule has 0 unspecified atom stereocenters. The molecule has 27 heavy (non-hydrogen) atoms. The van der Waals surface area contributed by atoms with E-state index in [1.165, 1.54) is 29.3 Å². The van der Waals surface area contributed by atoms with E-state index in [0.29, 0.717) is 4.90 Å². The van der Waals surface area contributed by atoms with Gasteiger partial charge in [-0.2, -0.15) is 0 Å². The molecule has 0 radical (unpaired) electrons. The van der Waals surface area contributed by atoms with Gasteiger partial charge in [-0.1, -0.05) is 60.7 Å². The largest absolute Gasteiger partial charge is 0.240 e. The highest BCUT2D eigenvalue weighted by Crippen LogP contribution is 2.36. The average Bonchev–Trinajstić information content (AvgIpc) is 2.86. The molecule has 0 saturated carbocycles. The maximum Gasteiger partial charge on any atom is 0.240 e. The Morgan fingerprint density at radius 1 is 0.852 bits per heavy atom. The quantitative estimate of drug-likeness (QED) is 0.745. The standard InChI is InChI=1S/C23H23NO2S/c1-24-27(25,26)20-10-6-7-17(15-20)16-23-21-11-4-2-8-18(21)13-14-19-9-3-5-12-22(19)23/h2-12,15,23-24H,13-14,16H2,1H3. The first kappa shape index (κ1) is 18.0. The highest BCUT2D eigenvalue weighted by Gasteiger charge is 2.24. The van der Waals surface area contributed by atoms with Crippen LogP contribution in [0, 0.1) is 0 Å². The zero-order valence-corrected chi connectivity index (χ0v) is 16.2. The SMILES string of the molecule is CNS(=O)(=O)c1cccc(CC2c3ccccc3CCc3ccccc32)c1. The second-order valence-corrected chi connectivity index (χ2v) is 8.90. The van der Waals surface area contributed by atoms with Crippen molar-refractivity contribution in [1.29, 1.82) is 0 Å². The maximum atomic E-state index is 12.2. The summed E-state index contributed by atoms with van der Waals surface area (Å²) in [6, 6.07) is 24.6. The van der Waals surface area contributed by atoms with Crippen LogP contribution in [-0.4, -0.2) is 15.5 Å². The Morgan fingerprint density at radius 2 is 1.44 bits per heavy atom.